The first-order valence-corrected chi connectivity index (χ1v) is 6.93. The van der Waals surface area contributed by atoms with Crippen molar-refractivity contribution in [3.63, 3.8) is 0 Å². The van der Waals surface area contributed by atoms with Gasteiger partial charge < -0.3 is 14.6 Å². The molecule has 1 aromatic carbocycles. The Hall–Kier alpha value is -1.26. The maximum atomic E-state index is 9.35. The molecule has 106 valence electrons. The predicted molar refractivity (Wildman–Crippen MR) is 74.7 cm³/mol. The molecule has 2 rings (SSSR count). The second-order valence-electron chi connectivity index (χ2n) is 4.87. The highest BCUT2D eigenvalue weighted by molar-refractivity contribution is 5.43. The third-order valence-corrected chi connectivity index (χ3v) is 3.62. The van der Waals surface area contributed by atoms with E-state index in [2.05, 4.69) is 11.0 Å². The second-order valence-corrected chi connectivity index (χ2v) is 4.87. The van der Waals surface area contributed by atoms with E-state index in [1.165, 1.54) is 12.0 Å². The van der Waals surface area contributed by atoms with Crippen LogP contribution in [0.5, 0.6) is 11.5 Å². The molecule has 0 spiro atoms. The summed E-state index contributed by atoms with van der Waals surface area (Å²) in [5.74, 6) is 1.56. The van der Waals surface area contributed by atoms with Crippen LogP contribution < -0.4 is 9.47 Å². The van der Waals surface area contributed by atoms with Crippen molar-refractivity contribution in [3.05, 3.63) is 23.8 Å². The molecule has 1 aliphatic rings. The summed E-state index contributed by atoms with van der Waals surface area (Å²) < 4.78 is 10.9. The number of hydrogen-bond donors (Lipinski definition) is 1. The molecular weight excluding hydrogens is 242 g/mol. The van der Waals surface area contributed by atoms with Gasteiger partial charge in [0, 0.05) is 12.6 Å². The molecule has 4 heteroatoms. The summed E-state index contributed by atoms with van der Waals surface area (Å²) in [5.41, 5.74) is 1.20. The van der Waals surface area contributed by atoms with Crippen LogP contribution in [0.25, 0.3) is 0 Å². The number of aliphatic hydroxyl groups is 1. The van der Waals surface area contributed by atoms with Crippen LogP contribution in [-0.2, 0) is 6.54 Å². The molecule has 0 saturated carbocycles. The monoisotopic (exact) mass is 265 g/mol. The maximum Gasteiger partial charge on any atom is 0.161 e. The van der Waals surface area contributed by atoms with Gasteiger partial charge in [-0.05, 0) is 44.0 Å². The molecular formula is C15H23NO3. The van der Waals surface area contributed by atoms with Gasteiger partial charge in [-0.15, -0.1) is 0 Å². The number of aliphatic hydroxyl groups excluding tert-OH is 1. The van der Waals surface area contributed by atoms with Crippen molar-refractivity contribution in [2.24, 2.45) is 0 Å². The van der Waals surface area contributed by atoms with E-state index in [0.717, 1.165) is 31.0 Å². The molecule has 1 N–H and O–H groups in total. The van der Waals surface area contributed by atoms with Gasteiger partial charge in [-0.3, -0.25) is 4.90 Å². The minimum Gasteiger partial charge on any atom is -0.493 e. The highest BCUT2D eigenvalue weighted by atomic mass is 16.5. The Morgan fingerprint density at radius 1 is 1.37 bits per heavy atom. The summed E-state index contributed by atoms with van der Waals surface area (Å²) in [6.07, 6.45) is 2.25. The van der Waals surface area contributed by atoms with E-state index in [9.17, 15) is 5.11 Å². The Bertz CT molecular complexity index is 408. The highest BCUT2D eigenvalue weighted by Gasteiger charge is 2.23. The summed E-state index contributed by atoms with van der Waals surface area (Å²) in [7, 11) is 1.65. The lowest BCUT2D eigenvalue weighted by Gasteiger charge is -2.23. The Morgan fingerprint density at radius 3 is 2.89 bits per heavy atom. The third-order valence-electron chi connectivity index (χ3n) is 3.62. The number of ether oxygens (including phenoxy) is 2. The van der Waals surface area contributed by atoms with E-state index in [4.69, 9.17) is 9.47 Å². The molecule has 4 nitrogen and oxygen atoms in total. The van der Waals surface area contributed by atoms with Gasteiger partial charge in [-0.1, -0.05) is 6.07 Å². The van der Waals surface area contributed by atoms with Crippen molar-refractivity contribution in [1.82, 2.24) is 4.90 Å². The first kappa shape index (κ1) is 14.2. The first-order valence-electron chi connectivity index (χ1n) is 6.93. The summed E-state index contributed by atoms with van der Waals surface area (Å²) in [6.45, 7) is 4.75. The molecule has 1 saturated heterocycles. The molecule has 1 aliphatic heterocycles. The fraction of sp³-hybridized carbons (Fsp3) is 0.600. The van der Waals surface area contributed by atoms with Crippen LogP contribution in [0.4, 0.5) is 0 Å². The molecule has 1 heterocycles. The molecule has 1 atom stereocenters. The van der Waals surface area contributed by atoms with E-state index in [1.807, 2.05) is 19.1 Å². The van der Waals surface area contributed by atoms with Crippen molar-refractivity contribution in [2.75, 3.05) is 26.9 Å². The van der Waals surface area contributed by atoms with Crippen LogP contribution in [0.15, 0.2) is 18.2 Å². The van der Waals surface area contributed by atoms with Gasteiger partial charge >= 0.3 is 0 Å². The SMILES string of the molecule is CCOc1cc(CN2CCC[C@H]2CO)ccc1OC. The van der Waals surface area contributed by atoms with Crippen LogP contribution in [0, 0.1) is 0 Å². The van der Waals surface area contributed by atoms with Gasteiger partial charge in [0.15, 0.2) is 11.5 Å². The zero-order chi connectivity index (χ0) is 13.7. The van der Waals surface area contributed by atoms with Crippen LogP contribution in [-0.4, -0.2) is 42.9 Å². The summed E-state index contributed by atoms with van der Waals surface area (Å²) in [4.78, 5) is 2.33. The van der Waals surface area contributed by atoms with E-state index in [-0.39, 0.29) is 6.61 Å². The van der Waals surface area contributed by atoms with Crippen LogP contribution in [0.1, 0.15) is 25.3 Å². The normalized spacial score (nSPS) is 19.6. The molecule has 0 aromatic heterocycles. The molecule has 0 radical (unpaired) electrons. The fourth-order valence-electron chi connectivity index (χ4n) is 2.63. The number of nitrogens with zero attached hydrogens (tertiary/aromatic N) is 1. The number of benzene rings is 1. The van der Waals surface area contributed by atoms with E-state index >= 15 is 0 Å². The molecule has 0 aliphatic carbocycles. The van der Waals surface area contributed by atoms with Gasteiger partial charge in [0.05, 0.1) is 20.3 Å². The smallest absolute Gasteiger partial charge is 0.161 e. The first-order chi connectivity index (χ1) is 9.28. The van der Waals surface area contributed by atoms with Gasteiger partial charge in [0.2, 0.25) is 0 Å². The lowest BCUT2D eigenvalue weighted by atomic mass is 10.1. The molecule has 19 heavy (non-hydrogen) atoms. The van der Waals surface area contributed by atoms with Gasteiger partial charge in [-0.2, -0.15) is 0 Å². The Balaban J connectivity index is 2.09. The van der Waals surface area contributed by atoms with Crippen LogP contribution in [0.2, 0.25) is 0 Å². The number of rotatable bonds is 6. The van der Waals surface area contributed by atoms with Crippen molar-refractivity contribution in [3.8, 4) is 11.5 Å². The average Bonchev–Trinajstić information content (AvgIpc) is 2.87. The predicted octanol–water partition coefficient (Wildman–Crippen LogP) is 2.05. The average molecular weight is 265 g/mol. The standard InChI is InChI=1S/C15H23NO3/c1-3-19-15-9-12(6-7-14(15)18-2)10-16-8-4-5-13(16)11-17/h6-7,9,13,17H,3-5,8,10-11H2,1-2H3/t13-/m0/s1. The largest absolute Gasteiger partial charge is 0.493 e. The third kappa shape index (κ3) is 3.39. The van der Waals surface area contributed by atoms with Crippen molar-refractivity contribution in [1.29, 1.82) is 0 Å². The Labute approximate surface area is 114 Å². The quantitative estimate of drug-likeness (QED) is 0.855. The summed E-state index contributed by atoms with van der Waals surface area (Å²) in [5, 5.41) is 9.35. The summed E-state index contributed by atoms with van der Waals surface area (Å²) >= 11 is 0. The van der Waals surface area contributed by atoms with Crippen LogP contribution in [0.3, 0.4) is 0 Å². The van der Waals surface area contributed by atoms with Gasteiger partial charge in [-0.25, -0.2) is 0 Å². The number of methoxy groups -OCH3 is 1. The van der Waals surface area contributed by atoms with Crippen molar-refractivity contribution >= 4 is 0 Å². The molecule has 0 unspecified atom stereocenters. The van der Waals surface area contributed by atoms with E-state index in [1.54, 1.807) is 7.11 Å². The van der Waals surface area contributed by atoms with Crippen molar-refractivity contribution in [2.45, 2.75) is 32.4 Å². The highest BCUT2D eigenvalue weighted by Crippen LogP contribution is 2.29. The molecule has 0 bridgehead atoms. The topological polar surface area (TPSA) is 41.9 Å². The Kier molecular flexibility index (Phi) is 5.05. The zero-order valence-corrected chi connectivity index (χ0v) is 11.8. The van der Waals surface area contributed by atoms with Crippen molar-refractivity contribution < 1.29 is 14.6 Å². The van der Waals surface area contributed by atoms with Gasteiger partial charge in [0.25, 0.3) is 0 Å². The lowest BCUT2D eigenvalue weighted by Crippen LogP contribution is -2.31. The maximum absolute atomic E-state index is 9.35. The van der Waals surface area contributed by atoms with E-state index in [0.29, 0.717) is 12.6 Å². The lowest BCUT2D eigenvalue weighted by molar-refractivity contribution is 0.153. The molecule has 0 amide bonds. The minimum absolute atomic E-state index is 0.245. The number of likely N-dealkylation sites (tertiary alicyclic amines) is 1. The summed E-state index contributed by atoms with van der Waals surface area (Å²) in [6, 6.07) is 6.35. The van der Waals surface area contributed by atoms with Gasteiger partial charge in [0.1, 0.15) is 0 Å². The fourth-order valence-corrected chi connectivity index (χ4v) is 2.63. The minimum atomic E-state index is 0.245. The molecule has 1 aromatic rings. The second kappa shape index (κ2) is 6.78. The van der Waals surface area contributed by atoms with E-state index < -0.39 is 0 Å². The molecule has 1 fully saturated rings. The Morgan fingerprint density at radius 2 is 2.21 bits per heavy atom. The number of hydrogen-bond acceptors (Lipinski definition) is 4. The zero-order valence-electron chi connectivity index (χ0n) is 11.8. The van der Waals surface area contributed by atoms with Crippen LogP contribution >= 0.6 is 0 Å².